The third-order valence-corrected chi connectivity index (χ3v) is 3.38. The fourth-order valence-corrected chi connectivity index (χ4v) is 2.21. The van der Waals surface area contributed by atoms with Crippen LogP contribution in [-0.4, -0.2) is 25.1 Å². The Bertz CT molecular complexity index is 613. The van der Waals surface area contributed by atoms with Crippen molar-refractivity contribution in [1.29, 1.82) is 0 Å². The highest BCUT2D eigenvalue weighted by molar-refractivity contribution is 5.44. The van der Waals surface area contributed by atoms with Gasteiger partial charge in [0.05, 0.1) is 6.61 Å². The summed E-state index contributed by atoms with van der Waals surface area (Å²) < 4.78 is 16.4. The van der Waals surface area contributed by atoms with Gasteiger partial charge >= 0.3 is 0 Å². The second kappa shape index (κ2) is 7.15. The third-order valence-electron chi connectivity index (χ3n) is 3.38. The molecule has 0 unspecified atom stereocenters. The lowest BCUT2D eigenvalue weighted by molar-refractivity contribution is 0.174. The van der Waals surface area contributed by atoms with Crippen molar-refractivity contribution in [2.45, 2.75) is 13.2 Å². The molecule has 0 bridgehead atoms. The van der Waals surface area contributed by atoms with Crippen LogP contribution in [0.4, 0.5) is 0 Å². The van der Waals surface area contributed by atoms with Crippen molar-refractivity contribution < 1.29 is 19.3 Å². The molecule has 0 amide bonds. The summed E-state index contributed by atoms with van der Waals surface area (Å²) in [5.41, 5.74) is 2.20. The average molecular weight is 301 g/mol. The Balaban J connectivity index is 1.53. The Morgan fingerprint density at radius 2 is 1.77 bits per heavy atom. The van der Waals surface area contributed by atoms with Crippen LogP contribution >= 0.6 is 0 Å². The van der Waals surface area contributed by atoms with E-state index >= 15 is 0 Å². The SMILES string of the molecule is OCCNCc1ccc(OCc2ccc3c(c2)OCO3)cc1. The first-order chi connectivity index (χ1) is 10.8. The molecular formula is C17H19NO4. The van der Waals surface area contributed by atoms with Crippen molar-refractivity contribution in [1.82, 2.24) is 5.32 Å². The predicted octanol–water partition coefficient (Wildman–Crippen LogP) is 2.08. The number of aliphatic hydroxyl groups excluding tert-OH is 1. The predicted molar refractivity (Wildman–Crippen MR) is 82.1 cm³/mol. The van der Waals surface area contributed by atoms with E-state index in [4.69, 9.17) is 19.3 Å². The quantitative estimate of drug-likeness (QED) is 0.767. The fourth-order valence-electron chi connectivity index (χ4n) is 2.21. The molecule has 0 saturated heterocycles. The minimum absolute atomic E-state index is 0.150. The maximum Gasteiger partial charge on any atom is 0.231 e. The van der Waals surface area contributed by atoms with E-state index in [1.165, 1.54) is 0 Å². The molecule has 0 atom stereocenters. The summed E-state index contributed by atoms with van der Waals surface area (Å²) in [6.45, 7) is 2.26. The Morgan fingerprint density at radius 1 is 1.00 bits per heavy atom. The standard InChI is InChI=1S/C17H19NO4/c19-8-7-18-10-13-1-4-15(5-2-13)20-11-14-3-6-16-17(9-14)22-12-21-16/h1-6,9,18-19H,7-8,10-12H2. The molecular weight excluding hydrogens is 282 g/mol. The van der Waals surface area contributed by atoms with Gasteiger partial charge in [-0.25, -0.2) is 0 Å². The van der Waals surface area contributed by atoms with Gasteiger partial charge in [-0.1, -0.05) is 18.2 Å². The van der Waals surface area contributed by atoms with Gasteiger partial charge in [0.15, 0.2) is 11.5 Å². The zero-order chi connectivity index (χ0) is 15.2. The molecule has 5 heteroatoms. The highest BCUT2D eigenvalue weighted by Gasteiger charge is 2.13. The number of fused-ring (bicyclic) bond motifs is 1. The molecule has 1 heterocycles. The van der Waals surface area contributed by atoms with Crippen LogP contribution in [0.15, 0.2) is 42.5 Å². The summed E-state index contributed by atoms with van der Waals surface area (Å²) in [5, 5.41) is 11.9. The van der Waals surface area contributed by atoms with Crippen molar-refractivity contribution in [3.8, 4) is 17.2 Å². The van der Waals surface area contributed by atoms with Gasteiger partial charge in [0.25, 0.3) is 0 Å². The highest BCUT2D eigenvalue weighted by Crippen LogP contribution is 2.32. The molecule has 1 aliphatic heterocycles. The number of benzene rings is 2. The molecule has 2 N–H and O–H groups in total. The van der Waals surface area contributed by atoms with E-state index in [0.717, 1.165) is 34.9 Å². The Kier molecular flexibility index (Phi) is 4.78. The minimum Gasteiger partial charge on any atom is -0.489 e. The lowest BCUT2D eigenvalue weighted by Crippen LogP contribution is -2.17. The van der Waals surface area contributed by atoms with Gasteiger partial charge in [-0.2, -0.15) is 0 Å². The molecule has 1 aliphatic rings. The molecule has 0 aromatic heterocycles. The van der Waals surface area contributed by atoms with E-state index < -0.39 is 0 Å². The molecule has 22 heavy (non-hydrogen) atoms. The van der Waals surface area contributed by atoms with E-state index in [2.05, 4.69) is 5.32 Å². The van der Waals surface area contributed by atoms with Crippen LogP contribution in [0.2, 0.25) is 0 Å². The normalized spacial score (nSPS) is 12.4. The maximum absolute atomic E-state index is 8.73. The second-order valence-corrected chi connectivity index (χ2v) is 5.02. The zero-order valence-electron chi connectivity index (χ0n) is 12.2. The largest absolute Gasteiger partial charge is 0.489 e. The van der Waals surface area contributed by atoms with Crippen LogP contribution in [0.5, 0.6) is 17.2 Å². The smallest absolute Gasteiger partial charge is 0.231 e. The zero-order valence-corrected chi connectivity index (χ0v) is 12.2. The summed E-state index contributed by atoms with van der Waals surface area (Å²) in [4.78, 5) is 0. The average Bonchev–Trinajstić information content (AvgIpc) is 3.02. The number of aliphatic hydroxyl groups is 1. The van der Waals surface area contributed by atoms with Crippen LogP contribution in [0, 0.1) is 0 Å². The van der Waals surface area contributed by atoms with Crippen molar-refractivity contribution in [2.24, 2.45) is 0 Å². The van der Waals surface area contributed by atoms with E-state index in [0.29, 0.717) is 13.2 Å². The third kappa shape index (κ3) is 3.69. The number of rotatable bonds is 7. The van der Waals surface area contributed by atoms with Gasteiger partial charge < -0.3 is 24.6 Å². The Labute approximate surface area is 129 Å². The first-order valence-electron chi connectivity index (χ1n) is 7.27. The number of ether oxygens (including phenoxy) is 3. The van der Waals surface area contributed by atoms with Crippen molar-refractivity contribution >= 4 is 0 Å². The summed E-state index contributed by atoms with van der Waals surface area (Å²) >= 11 is 0. The van der Waals surface area contributed by atoms with Gasteiger partial charge in [0.2, 0.25) is 6.79 Å². The molecule has 5 nitrogen and oxygen atoms in total. The summed E-state index contributed by atoms with van der Waals surface area (Å²) in [5.74, 6) is 2.37. The van der Waals surface area contributed by atoms with Crippen LogP contribution in [0.25, 0.3) is 0 Å². The first-order valence-corrected chi connectivity index (χ1v) is 7.27. The molecule has 0 saturated carbocycles. The molecule has 2 aromatic rings. The van der Waals surface area contributed by atoms with Gasteiger partial charge in [0, 0.05) is 13.1 Å². The van der Waals surface area contributed by atoms with E-state index in [1.807, 2.05) is 42.5 Å². The molecule has 3 rings (SSSR count). The van der Waals surface area contributed by atoms with Gasteiger partial charge in [-0.3, -0.25) is 0 Å². The van der Waals surface area contributed by atoms with E-state index in [9.17, 15) is 0 Å². The van der Waals surface area contributed by atoms with Crippen molar-refractivity contribution in [3.05, 3.63) is 53.6 Å². The second-order valence-electron chi connectivity index (χ2n) is 5.02. The van der Waals surface area contributed by atoms with Crippen LogP contribution in [0.1, 0.15) is 11.1 Å². The summed E-state index contributed by atoms with van der Waals surface area (Å²) in [6, 6.07) is 13.7. The van der Waals surface area contributed by atoms with Gasteiger partial charge in [-0.05, 0) is 35.4 Å². The summed E-state index contributed by atoms with van der Waals surface area (Å²) in [7, 11) is 0. The summed E-state index contributed by atoms with van der Waals surface area (Å²) in [6.07, 6.45) is 0. The molecule has 0 aliphatic carbocycles. The fraction of sp³-hybridized carbons (Fsp3) is 0.294. The van der Waals surface area contributed by atoms with Crippen LogP contribution in [0.3, 0.4) is 0 Å². The maximum atomic E-state index is 8.73. The molecule has 2 aromatic carbocycles. The number of hydrogen-bond donors (Lipinski definition) is 2. The monoisotopic (exact) mass is 301 g/mol. The molecule has 0 radical (unpaired) electrons. The van der Waals surface area contributed by atoms with Crippen molar-refractivity contribution in [2.75, 3.05) is 19.9 Å². The van der Waals surface area contributed by atoms with Crippen LogP contribution in [-0.2, 0) is 13.2 Å². The minimum atomic E-state index is 0.150. The molecule has 0 spiro atoms. The van der Waals surface area contributed by atoms with Crippen molar-refractivity contribution in [3.63, 3.8) is 0 Å². The van der Waals surface area contributed by atoms with E-state index in [-0.39, 0.29) is 13.4 Å². The molecule has 116 valence electrons. The number of nitrogens with one attached hydrogen (secondary N) is 1. The lowest BCUT2D eigenvalue weighted by Gasteiger charge is -2.08. The van der Waals surface area contributed by atoms with Crippen LogP contribution < -0.4 is 19.5 Å². The van der Waals surface area contributed by atoms with E-state index in [1.54, 1.807) is 0 Å². The molecule has 0 fully saturated rings. The highest BCUT2D eigenvalue weighted by atomic mass is 16.7. The Morgan fingerprint density at radius 3 is 2.59 bits per heavy atom. The Hall–Kier alpha value is -2.24. The van der Waals surface area contributed by atoms with Gasteiger partial charge in [0.1, 0.15) is 12.4 Å². The lowest BCUT2D eigenvalue weighted by atomic mass is 10.2. The first kappa shape index (κ1) is 14.7. The topological polar surface area (TPSA) is 60.0 Å². The number of hydrogen-bond acceptors (Lipinski definition) is 5. The van der Waals surface area contributed by atoms with Gasteiger partial charge in [-0.15, -0.1) is 0 Å².